The van der Waals surface area contributed by atoms with Gasteiger partial charge >= 0.3 is 0 Å². The SMILES string of the molecule is [Al][C@@H]1C[C@H]1c1cc(Nc2ccnc(Cl)n2)n[nH]1. The Morgan fingerprint density at radius 2 is 2.29 bits per heavy atom. The first-order valence-corrected chi connectivity index (χ1v) is 6.33. The average molecular weight is 262 g/mol. The number of rotatable bonds is 3. The fraction of sp³-hybridized carbons (Fsp3) is 0.300. The average Bonchev–Trinajstić information content (AvgIpc) is 2.85. The number of halogens is 1. The van der Waals surface area contributed by atoms with Gasteiger partial charge in [-0.3, -0.25) is 5.10 Å². The number of nitrogens with zero attached hydrogens (tertiary/aromatic N) is 3. The molecule has 2 atom stereocenters. The zero-order valence-corrected chi connectivity index (χ0v) is 10.8. The van der Waals surface area contributed by atoms with Crippen LogP contribution in [0.2, 0.25) is 10.1 Å². The number of hydrogen-bond acceptors (Lipinski definition) is 4. The van der Waals surface area contributed by atoms with E-state index in [2.05, 4.69) is 41.8 Å². The van der Waals surface area contributed by atoms with Crippen LogP contribution in [0, 0.1) is 0 Å². The summed E-state index contributed by atoms with van der Waals surface area (Å²) in [5.74, 6) is 1.98. The Labute approximate surface area is 111 Å². The molecule has 0 unspecified atom stereocenters. The molecule has 7 heteroatoms. The van der Waals surface area contributed by atoms with Crippen LogP contribution in [0.15, 0.2) is 18.3 Å². The van der Waals surface area contributed by atoms with Crippen LogP contribution in [0.25, 0.3) is 0 Å². The predicted octanol–water partition coefficient (Wildman–Crippen LogP) is 2.04. The molecule has 0 bridgehead atoms. The van der Waals surface area contributed by atoms with Gasteiger partial charge in [0.2, 0.25) is 5.28 Å². The van der Waals surface area contributed by atoms with Gasteiger partial charge in [0, 0.05) is 18.0 Å². The summed E-state index contributed by atoms with van der Waals surface area (Å²) in [4.78, 5) is 7.86. The van der Waals surface area contributed by atoms with E-state index < -0.39 is 0 Å². The summed E-state index contributed by atoms with van der Waals surface area (Å²) in [6.07, 6.45) is 2.80. The van der Waals surface area contributed by atoms with E-state index >= 15 is 0 Å². The van der Waals surface area contributed by atoms with Crippen molar-refractivity contribution in [1.29, 1.82) is 0 Å². The van der Waals surface area contributed by atoms with Crippen LogP contribution in [0.3, 0.4) is 0 Å². The molecule has 0 aromatic carbocycles. The Bertz CT molecular complexity index is 543. The van der Waals surface area contributed by atoms with E-state index in [0.29, 0.717) is 16.5 Å². The Kier molecular flexibility index (Phi) is 2.79. The topological polar surface area (TPSA) is 66.5 Å². The summed E-state index contributed by atoms with van der Waals surface area (Å²) in [7, 11) is 0. The molecule has 1 fully saturated rings. The molecule has 17 heavy (non-hydrogen) atoms. The van der Waals surface area contributed by atoms with Gasteiger partial charge in [0.15, 0.2) is 5.82 Å². The third-order valence-electron chi connectivity index (χ3n) is 2.72. The third-order valence-corrected chi connectivity index (χ3v) is 3.64. The molecule has 2 radical (unpaired) electrons. The summed E-state index contributed by atoms with van der Waals surface area (Å²) in [6, 6.07) is 3.75. The highest BCUT2D eigenvalue weighted by molar-refractivity contribution is 6.28. The van der Waals surface area contributed by atoms with Gasteiger partial charge in [-0.25, -0.2) is 9.97 Å². The molecule has 2 aromatic heterocycles. The summed E-state index contributed by atoms with van der Waals surface area (Å²) >= 11 is 8.53. The summed E-state index contributed by atoms with van der Waals surface area (Å²) in [5, 5.41) is 10.5. The van der Waals surface area contributed by atoms with Crippen LogP contribution >= 0.6 is 11.6 Å². The van der Waals surface area contributed by atoms with E-state index in [1.54, 1.807) is 12.3 Å². The molecule has 1 saturated carbocycles. The molecule has 1 aliphatic rings. The first kappa shape index (κ1) is 11.0. The first-order chi connectivity index (χ1) is 8.22. The van der Waals surface area contributed by atoms with Gasteiger partial charge in [0.25, 0.3) is 0 Å². The van der Waals surface area contributed by atoms with Gasteiger partial charge in [0.05, 0.1) is 0 Å². The van der Waals surface area contributed by atoms with Crippen LogP contribution in [0.4, 0.5) is 11.6 Å². The zero-order chi connectivity index (χ0) is 11.8. The summed E-state index contributed by atoms with van der Waals surface area (Å²) in [6.45, 7) is 0. The fourth-order valence-corrected chi connectivity index (χ4v) is 2.35. The van der Waals surface area contributed by atoms with Gasteiger partial charge in [-0.1, -0.05) is 11.2 Å². The highest BCUT2D eigenvalue weighted by atomic mass is 35.5. The molecule has 0 spiro atoms. The van der Waals surface area contributed by atoms with Gasteiger partial charge in [-0.05, 0) is 23.6 Å². The minimum absolute atomic E-state index is 0.220. The van der Waals surface area contributed by atoms with Crippen molar-refractivity contribution >= 4 is 39.5 Å². The second kappa shape index (κ2) is 4.30. The van der Waals surface area contributed by atoms with Crippen LogP contribution in [-0.4, -0.2) is 36.5 Å². The second-order valence-corrected chi connectivity index (χ2v) is 5.24. The maximum Gasteiger partial charge on any atom is 0.224 e. The predicted molar refractivity (Wildman–Crippen MR) is 65.8 cm³/mol. The Hall–Kier alpha value is -1.09. The number of H-pyrrole nitrogens is 1. The largest absolute Gasteiger partial charge is 0.323 e. The molecule has 3 rings (SSSR count). The van der Waals surface area contributed by atoms with Crippen molar-refractivity contribution < 1.29 is 0 Å². The van der Waals surface area contributed by atoms with Crippen molar-refractivity contribution in [2.24, 2.45) is 0 Å². The first-order valence-electron chi connectivity index (χ1n) is 5.29. The number of aromatic amines is 1. The molecule has 1 aliphatic carbocycles. The van der Waals surface area contributed by atoms with Crippen molar-refractivity contribution in [2.45, 2.75) is 17.1 Å². The molecular weight excluding hydrogens is 253 g/mol. The minimum atomic E-state index is 0.220. The quantitative estimate of drug-likeness (QED) is 0.655. The molecule has 2 aromatic rings. The van der Waals surface area contributed by atoms with E-state index in [9.17, 15) is 0 Å². The smallest absolute Gasteiger partial charge is 0.224 e. The molecule has 84 valence electrons. The summed E-state index contributed by atoms with van der Waals surface area (Å²) < 4.78 is 0.678. The Morgan fingerprint density at radius 3 is 3.00 bits per heavy atom. The van der Waals surface area contributed by atoms with Gasteiger partial charge in [-0.15, -0.1) is 0 Å². The normalized spacial score (nSPS) is 22.4. The lowest BCUT2D eigenvalue weighted by atomic mass is 10.3. The van der Waals surface area contributed by atoms with Crippen molar-refractivity contribution in [3.63, 3.8) is 0 Å². The molecule has 2 heterocycles. The van der Waals surface area contributed by atoms with E-state index in [0.717, 1.165) is 11.5 Å². The van der Waals surface area contributed by atoms with E-state index in [1.165, 1.54) is 6.42 Å². The molecular formula is C10H9AlClN5. The number of nitrogens with one attached hydrogen (secondary N) is 2. The maximum atomic E-state index is 5.70. The fourth-order valence-electron chi connectivity index (χ4n) is 1.70. The van der Waals surface area contributed by atoms with Gasteiger partial charge in [-0.2, -0.15) is 5.10 Å². The van der Waals surface area contributed by atoms with Crippen molar-refractivity contribution in [3.05, 3.63) is 29.3 Å². The van der Waals surface area contributed by atoms with Crippen LogP contribution in [0.5, 0.6) is 0 Å². The van der Waals surface area contributed by atoms with E-state index in [4.69, 9.17) is 11.6 Å². The second-order valence-electron chi connectivity index (χ2n) is 4.05. The van der Waals surface area contributed by atoms with Crippen LogP contribution in [0.1, 0.15) is 18.0 Å². The molecule has 0 aliphatic heterocycles. The Balaban J connectivity index is 1.75. The minimum Gasteiger partial charge on any atom is -0.323 e. The third kappa shape index (κ3) is 2.44. The monoisotopic (exact) mass is 261 g/mol. The van der Waals surface area contributed by atoms with Gasteiger partial charge in [0.1, 0.15) is 22.1 Å². The molecule has 2 N–H and O–H groups in total. The lowest BCUT2D eigenvalue weighted by molar-refractivity contribution is 0.965. The highest BCUT2D eigenvalue weighted by Crippen LogP contribution is 2.50. The Morgan fingerprint density at radius 1 is 1.47 bits per heavy atom. The molecule has 5 nitrogen and oxygen atoms in total. The van der Waals surface area contributed by atoms with Crippen LogP contribution in [-0.2, 0) is 0 Å². The van der Waals surface area contributed by atoms with Crippen molar-refractivity contribution in [2.75, 3.05) is 5.32 Å². The zero-order valence-electron chi connectivity index (χ0n) is 8.89. The number of aromatic nitrogens is 4. The van der Waals surface area contributed by atoms with Gasteiger partial charge < -0.3 is 5.32 Å². The van der Waals surface area contributed by atoms with E-state index in [1.807, 2.05) is 6.07 Å². The maximum absolute atomic E-state index is 5.70. The highest BCUT2D eigenvalue weighted by Gasteiger charge is 2.33. The lowest BCUT2D eigenvalue weighted by Gasteiger charge is -2.00. The number of anilines is 2. The number of hydrogen-bond donors (Lipinski definition) is 2. The molecule has 0 amide bonds. The molecule has 0 saturated heterocycles. The standard InChI is InChI=1S/C10H9ClN5.Al/c11-10-12-4-3-8(14-10)13-9-5-7(15-16-9)6-1-2-6;/h1,3-6H,2H2,(H2,12,13,14,15,16);/t6-;/m0./s1. The van der Waals surface area contributed by atoms with Crippen molar-refractivity contribution in [3.8, 4) is 0 Å². The van der Waals surface area contributed by atoms with Crippen molar-refractivity contribution in [1.82, 2.24) is 20.2 Å². The lowest BCUT2D eigenvalue weighted by Crippen LogP contribution is -1.94. The van der Waals surface area contributed by atoms with Crippen LogP contribution < -0.4 is 5.32 Å². The van der Waals surface area contributed by atoms with E-state index in [-0.39, 0.29) is 5.28 Å². The summed E-state index contributed by atoms with van der Waals surface area (Å²) in [5.41, 5.74) is 1.16.